The standard InChI is InChI=1S/C11H10FN5/c1-16-14-11(13-15-16)7-17-5-4-8-2-3-9(12)6-10(8)17/h2-6H,7H2,1H3. The van der Waals surface area contributed by atoms with Gasteiger partial charge >= 0.3 is 0 Å². The van der Waals surface area contributed by atoms with E-state index in [0.717, 1.165) is 10.9 Å². The average Bonchev–Trinajstić information content (AvgIpc) is 2.87. The maximum atomic E-state index is 13.2. The molecule has 0 fully saturated rings. The molecule has 0 atom stereocenters. The molecule has 17 heavy (non-hydrogen) atoms. The summed E-state index contributed by atoms with van der Waals surface area (Å²) in [5.41, 5.74) is 0.831. The molecule has 3 aromatic rings. The summed E-state index contributed by atoms with van der Waals surface area (Å²) >= 11 is 0. The molecule has 2 heterocycles. The zero-order valence-corrected chi connectivity index (χ0v) is 9.21. The highest BCUT2D eigenvalue weighted by Crippen LogP contribution is 2.17. The predicted octanol–water partition coefficient (Wildman–Crippen LogP) is 1.35. The lowest BCUT2D eigenvalue weighted by atomic mass is 10.2. The van der Waals surface area contributed by atoms with E-state index in [1.807, 2.05) is 16.8 Å². The van der Waals surface area contributed by atoms with Crippen LogP contribution in [0.15, 0.2) is 30.5 Å². The molecule has 3 rings (SSSR count). The molecule has 0 amide bonds. The minimum absolute atomic E-state index is 0.246. The molecule has 2 aromatic heterocycles. The molecule has 86 valence electrons. The molecule has 0 saturated carbocycles. The zero-order chi connectivity index (χ0) is 11.8. The monoisotopic (exact) mass is 231 g/mol. The third-order valence-corrected chi connectivity index (χ3v) is 2.60. The largest absolute Gasteiger partial charge is 0.340 e. The Labute approximate surface area is 96.5 Å². The number of benzene rings is 1. The summed E-state index contributed by atoms with van der Waals surface area (Å²) in [5.74, 6) is 0.360. The fourth-order valence-electron chi connectivity index (χ4n) is 1.83. The highest BCUT2D eigenvalue weighted by molar-refractivity contribution is 5.80. The van der Waals surface area contributed by atoms with Gasteiger partial charge in [-0.05, 0) is 34.9 Å². The molecule has 0 aliphatic carbocycles. The van der Waals surface area contributed by atoms with Crippen LogP contribution >= 0.6 is 0 Å². The predicted molar refractivity (Wildman–Crippen MR) is 59.8 cm³/mol. The SMILES string of the molecule is Cn1nnc(Cn2ccc3ccc(F)cc32)n1. The van der Waals surface area contributed by atoms with Gasteiger partial charge in [-0.3, -0.25) is 0 Å². The van der Waals surface area contributed by atoms with Gasteiger partial charge in [0.2, 0.25) is 0 Å². The van der Waals surface area contributed by atoms with Crippen LogP contribution in [0.2, 0.25) is 0 Å². The lowest BCUT2D eigenvalue weighted by molar-refractivity contribution is 0.624. The first-order chi connectivity index (χ1) is 8.22. The first-order valence-electron chi connectivity index (χ1n) is 5.20. The van der Waals surface area contributed by atoms with Crippen molar-refractivity contribution >= 4 is 10.9 Å². The molecule has 0 unspecified atom stereocenters. The minimum Gasteiger partial charge on any atom is -0.340 e. The smallest absolute Gasteiger partial charge is 0.194 e. The number of halogens is 1. The van der Waals surface area contributed by atoms with Crippen LogP contribution < -0.4 is 0 Å². The molecular formula is C11H10FN5. The van der Waals surface area contributed by atoms with E-state index in [4.69, 9.17) is 0 Å². The summed E-state index contributed by atoms with van der Waals surface area (Å²) in [6, 6.07) is 6.65. The van der Waals surface area contributed by atoms with Crippen LogP contribution in [0, 0.1) is 5.82 Å². The maximum Gasteiger partial charge on any atom is 0.194 e. The summed E-state index contributed by atoms with van der Waals surface area (Å²) < 4.78 is 15.1. The lowest BCUT2D eigenvalue weighted by Gasteiger charge is -2.01. The van der Waals surface area contributed by atoms with E-state index in [9.17, 15) is 4.39 Å². The second kappa shape index (κ2) is 3.65. The summed E-state index contributed by atoms with van der Waals surface area (Å²) in [6.45, 7) is 0.487. The lowest BCUT2D eigenvalue weighted by Crippen LogP contribution is -2.01. The molecule has 6 heteroatoms. The van der Waals surface area contributed by atoms with E-state index in [0.29, 0.717) is 12.4 Å². The number of hydrogen-bond acceptors (Lipinski definition) is 3. The fourth-order valence-corrected chi connectivity index (χ4v) is 1.83. The number of hydrogen-bond donors (Lipinski definition) is 0. The molecule has 5 nitrogen and oxygen atoms in total. The van der Waals surface area contributed by atoms with Crippen LogP contribution in [0.25, 0.3) is 10.9 Å². The van der Waals surface area contributed by atoms with Crippen LogP contribution in [0.4, 0.5) is 4.39 Å². The molecular weight excluding hydrogens is 221 g/mol. The van der Waals surface area contributed by atoms with Gasteiger partial charge in [-0.15, -0.1) is 10.2 Å². The molecule has 0 bridgehead atoms. The van der Waals surface area contributed by atoms with E-state index < -0.39 is 0 Å². The van der Waals surface area contributed by atoms with Gasteiger partial charge in [-0.25, -0.2) is 4.39 Å². The minimum atomic E-state index is -0.246. The van der Waals surface area contributed by atoms with Crippen molar-refractivity contribution < 1.29 is 4.39 Å². The molecule has 0 N–H and O–H groups in total. The van der Waals surface area contributed by atoms with Crippen molar-refractivity contribution in [1.82, 2.24) is 24.8 Å². The summed E-state index contributed by atoms with van der Waals surface area (Å²) in [6.07, 6.45) is 1.89. The number of fused-ring (bicyclic) bond motifs is 1. The Morgan fingerprint density at radius 1 is 1.29 bits per heavy atom. The Hall–Kier alpha value is -2.24. The van der Waals surface area contributed by atoms with Gasteiger partial charge in [0.25, 0.3) is 0 Å². The Morgan fingerprint density at radius 3 is 2.94 bits per heavy atom. The molecule has 1 aromatic carbocycles. The van der Waals surface area contributed by atoms with E-state index >= 15 is 0 Å². The van der Waals surface area contributed by atoms with E-state index in [2.05, 4.69) is 15.4 Å². The van der Waals surface area contributed by atoms with Gasteiger partial charge in [0, 0.05) is 6.20 Å². The Bertz CT molecular complexity index is 669. The Balaban J connectivity index is 2.03. The van der Waals surface area contributed by atoms with Crippen molar-refractivity contribution in [3.05, 3.63) is 42.1 Å². The second-order valence-corrected chi connectivity index (χ2v) is 3.84. The van der Waals surface area contributed by atoms with Crippen LogP contribution in [-0.2, 0) is 13.6 Å². The van der Waals surface area contributed by atoms with Gasteiger partial charge in [-0.2, -0.15) is 4.80 Å². The van der Waals surface area contributed by atoms with Crippen LogP contribution in [0.3, 0.4) is 0 Å². The first kappa shape index (κ1) is 9.95. The fraction of sp³-hybridized carbons (Fsp3) is 0.182. The summed E-state index contributed by atoms with van der Waals surface area (Å²) in [4.78, 5) is 1.40. The van der Waals surface area contributed by atoms with Crippen molar-refractivity contribution in [2.24, 2.45) is 7.05 Å². The molecule has 0 aliphatic rings. The third-order valence-electron chi connectivity index (χ3n) is 2.60. The van der Waals surface area contributed by atoms with E-state index in [1.54, 1.807) is 13.1 Å². The molecule has 0 radical (unpaired) electrons. The zero-order valence-electron chi connectivity index (χ0n) is 9.21. The second-order valence-electron chi connectivity index (χ2n) is 3.84. The number of rotatable bonds is 2. The quantitative estimate of drug-likeness (QED) is 0.669. The summed E-state index contributed by atoms with van der Waals surface area (Å²) in [5, 5.41) is 12.8. The maximum absolute atomic E-state index is 13.2. The molecule has 0 aliphatic heterocycles. The number of aromatic nitrogens is 5. The highest BCUT2D eigenvalue weighted by atomic mass is 19.1. The van der Waals surface area contributed by atoms with Crippen LogP contribution in [0.5, 0.6) is 0 Å². The number of aryl methyl sites for hydroxylation is 1. The first-order valence-corrected chi connectivity index (χ1v) is 5.20. The van der Waals surface area contributed by atoms with Gasteiger partial charge < -0.3 is 4.57 Å². The van der Waals surface area contributed by atoms with Crippen molar-refractivity contribution in [3.63, 3.8) is 0 Å². The summed E-state index contributed by atoms with van der Waals surface area (Å²) in [7, 11) is 1.71. The van der Waals surface area contributed by atoms with Gasteiger partial charge in [0.1, 0.15) is 5.82 Å². The van der Waals surface area contributed by atoms with Crippen LogP contribution in [0.1, 0.15) is 5.82 Å². The average molecular weight is 231 g/mol. The molecule has 0 spiro atoms. The van der Waals surface area contributed by atoms with Crippen LogP contribution in [-0.4, -0.2) is 24.8 Å². The van der Waals surface area contributed by atoms with Gasteiger partial charge in [-0.1, -0.05) is 0 Å². The van der Waals surface area contributed by atoms with Crippen molar-refractivity contribution in [2.75, 3.05) is 0 Å². The Morgan fingerprint density at radius 2 is 2.18 bits per heavy atom. The number of nitrogens with zero attached hydrogens (tertiary/aromatic N) is 5. The van der Waals surface area contributed by atoms with Crippen molar-refractivity contribution in [1.29, 1.82) is 0 Å². The van der Waals surface area contributed by atoms with Crippen molar-refractivity contribution in [3.8, 4) is 0 Å². The number of tetrazole rings is 1. The van der Waals surface area contributed by atoms with E-state index in [-0.39, 0.29) is 5.82 Å². The van der Waals surface area contributed by atoms with Crippen molar-refractivity contribution in [2.45, 2.75) is 6.54 Å². The molecule has 0 saturated heterocycles. The third kappa shape index (κ3) is 1.77. The normalized spacial score (nSPS) is 11.2. The van der Waals surface area contributed by atoms with Gasteiger partial charge in [0.15, 0.2) is 5.82 Å². The Kier molecular flexibility index (Phi) is 2.14. The van der Waals surface area contributed by atoms with E-state index in [1.165, 1.54) is 16.9 Å². The topological polar surface area (TPSA) is 48.5 Å². The highest BCUT2D eigenvalue weighted by Gasteiger charge is 2.06. The van der Waals surface area contributed by atoms with Gasteiger partial charge in [0.05, 0.1) is 19.1 Å².